The molecule has 0 aliphatic heterocycles. The summed E-state index contributed by atoms with van der Waals surface area (Å²) in [4.78, 5) is 3.93. The Morgan fingerprint density at radius 2 is 2.00 bits per heavy atom. The van der Waals surface area contributed by atoms with Gasteiger partial charge in [-0.2, -0.15) is 0 Å². The molecule has 0 atom stereocenters. The van der Waals surface area contributed by atoms with Crippen LogP contribution in [0.2, 0.25) is 0 Å². The Kier molecular flexibility index (Phi) is 1.75. The van der Waals surface area contributed by atoms with Crippen molar-refractivity contribution in [1.82, 2.24) is 9.66 Å². The largest absolute Gasteiger partial charge is 0.337 e. The minimum atomic E-state index is -3.37. The molecule has 0 fully saturated rings. The van der Waals surface area contributed by atoms with Gasteiger partial charge in [0.05, 0.1) is 11.0 Å². The fraction of sp³-hybridized carbons (Fsp3) is 0.125. The standard InChI is InChI=1S/C8H9N3O2S/c1-14(12,13)8-10-6-4-2-3-5-7(6)11(8)9/h2-5H,9H2,1H3. The van der Waals surface area contributed by atoms with Crippen LogP contribution < -0.4 is 5.84 Å². The molecule has 0 saturated carbocycles. The van der Waals surface area contributed by atoms with Crippen LogP contribution in [0, 0.1) is 0 Å². The first-order valence-corrected chi connectivity index (χ1v) is 5.82. The number of sulfone groups is 1. The summed E-state index contributed by atoms with van der Waals surface area (Å²) in [6.07, 6.45) is 1.08. The van der Waals surface area contributed by atoms with Crippen molar-refractivity contribution in [2.75, 3.05) is 12.1 Å². The van der Waals surface area contributed by atoms with E-state index in [4.69, 9.17) is 5.84 Å². The monoisotopic (exact) mass is 211 g/mol. The van der Waals surface area contributed by atoms with Gasteiger partial charge in [-0.3, -0.25) is 0 Å². The van der Waals surface area contributed by atoms with Crippen LogP contribution in [0.3, 0.4) is 0 Å². The predicted octanol–water partition coefficient (Wildman–Crippen LogP) is 0.154. The minimum absolute atomic E-state index is 0.112. The van der Waals surface area contributed by atoms with Crippen molar-refractivity contribution in [1.29, 1.82) is 0 Å². The highest BCUT2D eigenvalue weighted by Gasteiger charge is 2.16. The van der Waals surface area contributed by atoms with E-state index in [0.717, 1.165) is 10.9 Å². The normalized spacial score (nSPS) is 12.1. The Bertz CT molecular complexity index is 586. The van der Waals surface area contributed by atoms with E-state index >= 15 is 0 Å². The van der Waals surface area contributed by atoms with E-state index in [-0.39, 0.29) is 5.16 Å². The second-order valence-corrected chi connectivity index (χ2v) is 4.93. The van der Waals surface area contributed by atoms with E-state index in [1.165, 1.54) is 0 Å². The molecule has 2 rings (SSSR count). The van der Waals surface area contributed by atoms with Crippen molar-refractivity contribution in [3.8, 4) is 0 Å². The highest BCUT2D eigenvalue weighted by atomic mass is 32.2. The quantitative estimate of drug-likeness (QED) is 0.681. The lowest BCUT2D eigenvalue weighted by Gasteiger charge is -1.97. The molecule has 0 aliphatic carbocycles. The maximum atomic E-state index is 11.3. The number of hydrogen-bond acceptors (Lipinski definition) is 4. The van der Waals surface area contributed by atoms with Gasteiger partial charge in [0.25, 0.3) is 0 Å². The predicted molar refractivity (Wildman–Crippen MR) is 53.0 cm³/mol. The van der Waals surface area contributed by atoms with Gasteiger partial charge >= 0.3 is 0 Å². The first-order chi connectivity index (χ1) is 6.50. The fourth-order valence-electron chi connectivity index (χ4n) is 1.28. The van der Waals surface area contributed by atoms with Crippen LogP contribution in [0.1, 0.15) is 0 Å². The number of nitrogens with two attached hydrogens (primary N) is 1. The SMILES string of the molecule is CS(=O)(=O)c1nc2ccccc2n1N. The highest BCUT2D eigenvalue weighted by molar-refractivity contribution is 7.90. The number of nitrogen functional groups attached to an aromatic ring is 1. The smallest absolute Gasteiger partial charge is 0.246 e. The Labute approximate surface area is 81.1 Å². The van der Waals surface area contributed by atoms with E-state index in [2.05, 4.69) is 4.98 Å². The highest BCUT2D eigenvalue weighted by Crippen LogP contribution is 2.15. The summed E-state index contributed by atoms with van der Waals surface area (Å²) in [5.74, 6) is 5.60. The molecule has 0 spiro atoms. The molecule has 0 amide bonds. The molecule has 0 saturated heterocycles. The van der Waals surface area contributed by atoms with Crippen LogP contribution in [0.25, 0.3) is 11.0 Å². The number of benzene rings is 1. The van der Waals surface area contributed by atoms with Gasteiger partial charge in [-0.25, -0.2) is 18.1 Å². The van der Waals surface area contributed by atoms with E-state index in [0.29, 0.717) is 11.0 Å². The van der Waals surface area contributed by atoms with Crippen LogP contribution in [-0.4, -0.2) is 24.3 Å². The molecule has 14 heavy (non-hydrogen) atoms. The summed E-state index contributed by atoms with van der Waals surface area (Å²) in [5, 5.41) is -0.112. The lowest BCUT2D eigenvalue weighted by atomic mass is 10.3. The second-order valence-electron chi connectivity index (χ2n) is 3.03. The first kappa shape index (κ1) is 9.01. The van der Waals surface area contributed by atoms with E-state index < -0.39 is 9.84 Å². The van der Waals surface area contributed by atoms with Crippen LogP contribution >= 0.6 is 0 Å². The van der Waals surface area contributed by atoms with Gasteiger partial charge in [0, 0.05) is 6.26 Å². The summed E-state index contributed by atoms with van der Waals surface area (Å²) >= 11 is 0. The van der Waals surface area contributed by atoms with Crippen LogP contribution in [0.15, 0.2) is 29.4 Å². The molecule has 1 aromatic heterocycles. The van der Waals surface area contributed by atoms with E-state index in [9.17, 15) is 8.42 Å². The number of para-hydroxylation sites is 2. The fourth-order valence-corrected chi connectivity index (χ4v) is 2.00. The molecule has 5 nitrogen and oxygen atoms in total. The van der Waals surface area contributed by atoms with Crippen molar-refractivity contribution in [3.63, 3.8) is 0 Å². The molecular weight excluding hydrogens is 202 g/mol. The van der Waals surface area contributed by atoms with Crippen molar-refractivity contribution in [2.24, 2.45) is 0 Å². The van der Waals surface area contributed by atoms with Gasteiger partial charge in [0.1, 0.15) is 0 Å². The molecule has 0 unspecified atom stereocenters. The average Bonchev–Trinajstić information content (AvgIpc) is 2.44. The molecule has 0 bridgehead atoms. The van der Waals surface area contributed by atoms with Gasteiger partial charge in [0.15, 0.2) is 0 Å². The van der Waals surface area contributed by atoms with E-state index in [1.807, 2.05) is 0 Å². The number of imidazole rings is 1. The van der Waals surface area contributed by atoms with Gasteiger partial charge in [-0.1, -0.05) is 12.1 Å². The molecule has 1 heterocycles. The Morgan fingerprint density at radius 3 is 2.57 bits per heavy atom. The number of rotatable bonds is 1. The Hall–Kier alpha value is -1.56. The van der Waals surface area contributed by atoms with Crippen molar-refractivity contribution < 1.29 is 8.42 Å². The van der Waals surface area contributed by atoms with E-state index in [1.54, 1.807) is 24.3 Å². The Balaban J connectivity index is 2.89. The van der Waals surface area contributed by atoms with Crippen molar-refractivity contribution in [2.45, 2.75) is 5.16 Å². The molecule has 2 aromatic rings. The lowest BCUT2D eigenvalue weighted by molar-refractivity contribution is 0.589. The van der Waals surface area contributed by atoms with Crippen LogP contribution in [0.4, 0.5) is 0 Å². The summed E-state index contributed by atoms with van der Waals surface area (Å²) in [6.45, 7) is 0. The number of fused-ring (bicyclic) bond motifs is 1. The van der Waals surface area contributed by atoms with Crippen LogP contribution in [-0.2, 0) is 9.84 Å². The molecule has 0 aliphatic rings. The van der Waals surface area contributed by atoms with Crippen molar-refractivity contribution >= 4 is 20.9 Å². The third-order valence-corrected chi connectivity index (χ3v) is 2.85. The summed E-state index contributed by atoms with van der Waals surface area (Å²) in [7, 11) is -3.37. The molecular formula is C8H9N3O2S. The van der Waals surface area contributed by atoms with Gasteiger partial charge in [-0.15, -0.1) is 0 Å². The molecule has 74 valence electrons. The molecule has 6 heteroatoms. The maximum absolute atomic E-state index is 11.3. The molecule has 1 aromatic carbocycles. The van der Waals surface area contributed by atoms with Crippen molar-refractivity contribution in [3.05, 3.63) is 24.3 Å². The number of hydrogen-bond donors (Lipinski definition) is 1. The average molecular weight is 211 g/mol. The van der Waals surface area contributed by atoms with Gasteiger partial charge < -0.3 is 5.84 Å². The molecule has 0 radical (unpaired) electrons. The van der Waals surface area contributed by atoms with Gasteiger partial charge in [0.2, 0.25) is 15.0 Å². The number of aromatic nitrogens is 2. The summed E-state index contributed by atoms with van der Waals surface area (Å²) in [6, 6.07) is 6.99. The maximum Gasteiger partial charge on any atom is 0.246 e. The zero-order valence-electron chi connectivity index (χ0n) is 7.51. The van der Waals surface area contributed by atoms with Gasteiger partial charge in [-0.05, 0) is 12.1 Å². The van der Waals surface area contributed by atoms with Crippen LogP contribution in [0.5, 0.6) is 0 Å². The third kappa shape index (κ3) is 1.24. The Morgan fingerprint density at radius 1 is 1.36 bits per heavy atom. The topological polar surface area (TPSA) is 78.0 Å². The second kappa shape index (κ2) is 2.71. The number of nitrogens with zero attached hydrogens (tertiary/aromatic N) is 2. The summed E-state index contributed by atoms with van der Waals surface area (Å²) in [5.41, 5.74) is 1.18. The zero-order valence-corrected chi connectivity index (χ0v) is 8.32. The summed E-state index contributed by atoms with van der Waals surface area (Å²) < 4.78 is 23.6. The zero-order chi connectivity index (χ0) is 10.3. The third-order valence-electron chi connectivity index (χ3n) is 1.90. The first-order valence-electron chi connectivity index (χ1n) is 3.93. The minimum Gasteiger partial charge on any atom is -0.337 e. The lowest BCUT2D eigenvalue weighted by Crippen LogP contribution is -2.15. The molecule has 2 N–H and O–H groups in total.